The highest BCUT2D eigenvalue weighted by molar-refractivity contribution is 7.47. The highest BCUT2D eigenvalue weighted by Gasteiger charge is 2.30. The van der Waals surface area contributed by atoms with E-state index in [1.165, 1.54) is 315 Å². The molecule has 0 aliphatic rings. The van der Waals surface area contributed by atoms with Gasteiger partial charge < -0.3 is 34.2 Å². The summed E-state index contributed by atoms with van der Waals surface area (Å²) in [7, 11) is -9.82. The molecule has 5 unspecified atom stereocenters. The van der Waals surface area contributed by atoms with E-state index in [1.807, 2.05) is 0 Å². The van der Waals surface area contributed by atoms with Crippen LogP contribution >= 0.6 is 15.6 Å². The van der Waals surface area contributed by atoms with Crippen LogP contribution in [0.2, 0.25) is 0 Å². The molecule has 0 bridgehead atoms. The van der Waals surface area contributed by atoms with Crippen LogP contribution in [0.4, 0.5) is 0 Å². The summed E-state index contributed by atoms with van der Waals surface area (Å²) >= 11 is 0. The Kier molecular flexibility index (Phi) is 101. The summed E-state index contributed by atoms with van der Waals surface area (Å²) in [6.45, 7) is 2.70. The summed E-state index contributed by atoms with van der Waals surface area (Å²) in [5.41, 5.74) is 0. The second-order valence-corrected chi connectivity index (χ2v) is 39.3. The van der Waals surface area contributed by atoms with Gasteiger partial charge in [-0.3, -0.25) is 32.5 Å². The molecule has 0 amide bonds. The fraction of sp³-hybridized carbons (Fsp3) is 0.761. The minimum Gasteiger partial charge on any atom is -0.463 e. The third-order valence-electron chi connectivity index (χ3n) is 23.5. The Hall–Kier alpha value is -4.57. The largest absolute Gasteiger partial charge is 0.472 e. The van der Waals surface area contributed by atoms with E-state index in [4.69, 9.17) is 32.3 Å². The molecule has 0 aliphatic heterocycles. The molecule has 0 aromatic heterocycles. The molecule has 16 nitrogen and oxygen atoms in total. The van der Waals surface area contributed by atoms with Gasteiger partial charge in [-0.05, 0) is 154 Å². The smallest absolute Gasteiger partial charge is 0.463 e. The molecule has 0 saturated carbocycles. The van der Waals surface area contributed by atoms with Gasteiger partial charge in [-0.1, -0.05) is 468 Å². The lowest BCUT2D eigenvalue weighted by molar-refractivity contribution is -0.161. The van der Waals surface area contributed by atoms with Gasteiger partial charge in [0.05, 0.1) is 26.4 Å². The number of esters is 3. The lowest BCUT2D eigenvalue weighted by Crippen LogP contribution is -2.30. The Morgan fingerprint density at radius 3 is 0.603 bits per heavy atom. The molecular formula is C113H200O16P2. The number of aliphatic hydroxyl groups is 2. The summed E-state index contributed by atoms with van der Waals surface area (Å²) in [5, 5.41) is 20.8. The van der Waals surface area contributed by atoms with E-state index in [-0.39, 0.29) is 19.3 Å². The van der Waals surface area contributed by atoms with Crippen LogP contribution in [0.25, 0.3) is 0 Å². The molecule has 18 heteroatoms. The second-order valence-electron chi connectivity index (χ2n) is 36.4. The Morgan fingerprint density at radius 2 is 0.382 bits per heavy atom. The van der Waals surface area contributed by atoms with E-state index in [0.29, 0.717) is 19.3 Å². The maximum Gasteiger partial charge on any atom is 0.472 e. The van der Waals surface area contributed by atoms with E-state index in [2.05, 4.69) is 167 Å². The van der Waals surface area contributed by atoms with Gasteiger partial charge >= 0.3 is 33.6 Å². The fourth-order valence-electron chi connectivity index (χ4n) is 15.3. The number of rotatable bonds is 103. The first kappa shape index (κ1) is 126. The molecule has 0 spiro atoms. The molecule has 0 aromatic carbocycles. The van der Waals surface area contributed by atoms with Gasteiger partial charge in [0.25, 0.3) is 0 Å². The molecule has 0 aliphatic carbocycles. The van der Waals surface area contributed by atoms with Crippen LogP contribution in [0.5, 0.6) is 0 Å². The summed E-state index contributed by atoms with van der Waals surface area (Å²) in [6.07, 6.45) is 135. The maximum atomic E-state index is 13.2. The zero-order valence-electron chi connectivity index (χ0n) is 84.2. The normalized spacial score (nSPS) is 14.2. The lowest BCUT2D eigenvalue weighted by atomic mass is 10.0. The molecule has 0 radical (unpaired) electrons. The van der Waals surface area contributed by atoms with E-state index >= 15 is 0 Å². The number of unbranched alkanes of at least 4 members (excludes halogenated alkanes) is 56. The van der Waals surface area contributed by atoms with Crippen molar-refractivity contribution in [3.05, 3.63) is 146 Å². The first-order chi connectivity index (χ1) is 64.2. The maximum absolute atomic E-state index is 13.2. The SMILES string of the molecule is CCCCC/C=C\C/C=C\C/C=C\C/C=C\CCCCCCCCCCCCCCCCCCCC(=O)OCC(O)COP(=O)(O)OCC(O)COP(=O)(O)OCC(COC(=O)CCCCCCCCCCCCCCCCC/C=C\C/C=C\C/C=C\C/C=C\CCCCC)OC(=O)CCCCCCCCCCCCCCCCC/C=C\C/C=C\C/C=C\C/C=C\CCCCC. The van der Waals surface area contributed by atoms with Crippen LogP contribution in [0.3, 0.4) is 0 Å². The highest BCUT2D eigenvalue weighted by Crippen LogP contribution is 2.45. The van der Waals surface area contributed by atoms with Crippen LogP contribution in [-0.4, -0.2) is 95.9 Å². The summed E-state index contributed by atoms with van der Waals surface area (Å²) in [5.74, 6) is -1.55. The van der Waals surface area contributed by atoms with E-state index in [0.717, 1.165) is 122 Å². The van der Waals surface area contributed by atoms with Gasteiger partial charge in [-0.15, -0.1) is 0 Å². The van der Waals surface area contributed by atoms with Crippen molar-refractivity contribution in [1.29, 1.82) is 0 Å². The van der Waals surface area contributed by atoms with Crippen molar-refractivity contribution < 1.29 is 75.8 Å². The third-order valence-corrected chi connectivity index (χ3v) is 25.4. The molecule has 5 atom stereocenters. The lowest BCUT2D eigenvalue weighted by Gasteiger charge is -2.21. The van der Waals surface area contributed by atoms with Crippen molar-refractivity contribution in [2.24, 2.45) is 0 Å². The van der Waals surface area contributed by atoms with Gasteiger partial charge in [-0.2, -0.15) is 0 Å². The van der Waals surface area contributed by atoms with Gasteiger partial charge in [-0.25, -0.2) is 9.13 Å². The van der Waals surface area contributed by atoms with E-state index < -0.39 is 91.5 Å². The Balaban J connectivity index is 4.60. The van der Waals surface area contributed by atoms with Crippen molar-refractivity contribution in [2.75, 3.05) is 39.6 Å². The van der Waals surface area contributed by atoms with Gasteiger partial charge in [0.1, 0.15) is 25.4 Å². The molecule has 758 valence electrons. The number of allylic oxidation sites excluding steroid dienone is 24. The first-order valence-corrected chi connectivity index (χ1v) is 57.1. The number of hydrogen-bond donors (Lipinski definition) is 4. The summed E-state index contributed by atoms with van der Waals surface area (Å²) in [6, 6.07) is 0. The van der Waals surface area contributed by atoms with Gasteiger partial charge in [0.2, 0.25) is 0 Å². The Morgan fingerprint density at radius 1 is 0.214 bits per heavy atom. The average molecular weight is 1880 g/mol. The average Bonchev–Trinajstić information content (AvgIpc) is 0.891. The topological polar surface area (TPSA) is 231 Å². The minimum absolute atomic E-state index is 0.104. The minimum atomic E-state index is -4.95. The second kappa shape index (κ2) is 104. The third kappa shape index (κ3) is 106. The number of carbonyl (C=O) groups excluding carboxylic acids is 3. The number of phosphoric acid groups is 2. The summed E-state index contributed by atoms with van der Waals surface area (Å²) in [4.78, 5) is 59.3. The highest BCUT2D eigenvalue weighted by atomic mass is 31.2. The Bertz CT molecular complexity index is 2960. The van der Waals surface area contributed by atoms with Gasteiger partial charge in [0, 0.05) is 19.3 Å². The standard InChI is InChI=1S/C113H200O16P2/c1-4-7-10-13-16-19-22-25-28-31-34-37-40-43-46-49-52-53-56-58-60-63-66-69-72-75-78-81-84-87-90-93-96-99-111(116)123-102-108(114)103-125-130(119,120)126-104-109(115)105-127-131(121,122)128-107-110(129-113(118)101-98-95-92-89-86-83-80-77-74-71-68-65-62-59-55-51-48-45-42-39-36-33-30-27-24-21-18-15-12-9-6-3)106-124-112(117)100-97-94-91-88-85-82-79-76-73-70-67-64-61-57-54-50-47-44-41-38-35-32-29-26-23-20-17-14-11-8-5-2/h16-21,25-30,34-39,43-48,108-110,114-115H,4-15,22-24,31-33,40-42,49-107H2,1-3H3,(H,119,120)(H,121,122)/b19-16-,20-17-,21-18-,28-25-,29-26-,30-27-,37-34-,38-35-,39-36-,46-43-,47-44-,48-45-. The van der Waals surface area contributed by atoms with E-state index in [1.54, 1.807) is 0 Å². The molecule has 4 N–H and O–H groups in total. The zero-order valence-corrected chi connectivity index (χ0v) is 86.0. The molecule has 0 saturated heterocycles. The van der Waals surface area contributed by atoms with Crippen LogP contribution in [0, 0.1) is 0 Å². The summed E-state index contributed by atoms with van der Waals surface area (Å²) < 4.78 is 61.8. The number of ether oxygens (including phenoxy) is 3. The molecule has 0 rings (SSSR count). The molecular weight excluding hydrogens is 1680 g/mol. The monoisotopic (exact) mass is 1880 g/mol. The van der Waals surface area contributed by atoms with Crippen molar-refractivity contribution in [3.63, 3.8) is 0 Å². The predicted molar refractivity (Wildman–Crippen MR) is 556 cm³/mol. The number of carbonyl (C=O) groups is 3. The zero-order chi connectivity index (χ0) is 95.0. The van der Waals surface area contributed by atoms with E-state index in [9.17, 15) is 43.5 Å². The molecule has 131 heavy (non-hydrogen) atoms. The number of aliphatic hydroxyl groups excluding tert-OH is 2. The molecule has 0 heterocycles. The van der Waals surface area contributed by atoms with Crippen LogP contribution in [-0.2, 0) is 55.8 Å². The quantitative estimate of drug-likeness (QED) is 0.0146. The number of phosphoric ester groups is 2. The van der Waals surface area contributed by atoms with Crippen molar-refractivity contribution in [3.8, 4) is 0 Å². The first-order valence-electron chi connectivity index (χ1n) is 54.1. The predicted octanol–water partition coefficient (Wildman–Crippen LogP) is 34.6. The van der Waals surface area contributed by atoms with Crippen molar-refractivity contribution in [2.45, 2.75) is 514 Å². The van der Waals surface area contributed by atoms with Gasteiger partial charge in [0.15, 0.2) is 6.10 Å². The Labute approximate surface area is 804 Å². The van der Waals surface area contributed by atoms with Crippen molar-refractivity contribution >= 4 is 33.6 Å². The fourth-order valence-corrected chi connectivity index (χ4v) is 16.9. The molecule has 0 aromatic rings. The van der Waals surface area contributed by atoms with Crippen LogP contribution < -0.4 is 0 Å². The van der Waals surface area contributed by atoms with Crippen LogP contribution in [0.15, 0.2) is 146 Å². The molecule has 0 fully saturated rings. The van der Waals surface area contributed by atoms with Crippen LogP contribution in [0.1, 0.15) is 496 Å². The number of hydrogen-bond acceptors (Lipinski definition) is 14. The van der Waals surface area contributed by atoms with Crippen molar-refractivity contribution in [1.82, 2.24) is 0 Å².